The van der Waals surface area contributed by atoms with Crippen LogP contribution in [0.4, 0.5) is 5.69 Å². The molecule has 0 aliphatic carbocycles. The Labute approximate surface area is 101 Å². The summed E-state index contributed by atoms with van der Waals surface area (Å²) in [6, 6.07) is 6.80. The second kappa shape index (κ2) is 4.04. The number of benzene rings is 1. The molecule has 1 aliphatic rings. The molecule has 0 radical (unpaired) electrons. The van der Waals surface area contributed by atoms with Crippen LogP contribution in [0.1, 0.15) is 18.7 Å². The molecule has 2 heterocycles. The molecule has 0 spiro atoms. The number of fused-ring (bicyclic) bond motifs is 1. The summed E-state index contributed by atoms with van der Waals surface area (Å²) in [5, 5.41) is 0. The number of nitrogens with two attached hydrogens (primary N) is 1. The van der Waals surface area contributed by atoms with Crippen LogP contribution in [-0.2, 0) is 0 Å². The molecule has 4 heteroatoms. The van der Waals surface area contributed by atoms with E-state index in [1.54, 1.807) is 0 Å². The summed E-state index contributed by atoms with van der Waals surface area (Å²) in [4.78, 5) is 10.1. The fourth-order valence-electron chi connectivity index (χ4n) is 2.48. The van der Waals surface area contributed by atoms with Gasteiger partial charge in [0.2, 0.25) is 0 Å². The quantitative estimate of drug-likeness (QED) is 0.785. The topological polar surface area (TPSA) is 57.9 Å². The summed E-state index contributed by atoms with van der Waals surface area (Å²) in [7, 11) is 0. The Hall–Kier alpha value is -1.55. The monoisotopic (exact) mass is 230 g/mol. The highest BCUT2D eigenvalue weighted by atomic mass is 15.1. The minimum Gasteiger partial charge on any atom is -0.371 e. The lowest BCUT2D eigenvalue weighted by molar-refractivity contribution is 0.501. The third-order valence-electron chi connectivity index (χ3n) is 3.49. The van der Waals surface area contributed by atoms with Crippen LogP contribution < -0.4 is 10.6 Å². The van der Waals surface area contributed by atoms with Crippen molar-refractivity contribution in [3.05, 3.63) is 24.0 Å². The van der Waals surface area contributed by atoms with Gasteiger partial charge in [-0.1, -0.05) is 0 Å². The maximum Gasteiger partial charge on any atom is 0.104 e. The molecule has 0 unspecified atom stereocenters. The molecule has 4 nitrogen and oxygen atoms in total. The molecule has 3 N–H and O–H groups in total. The van der Waals surface area contributed by atoms with E-state index in [9.17, 15) is 0 Å². The molecule has 1 aromatic carbocycles. The fourth-order valence-corrected chi connectivity index (χ4v) is 2.48. The predicted octanol–water partition coefficient (Wildman–Crippen LogP) is 1.80. The van der Waals surface area contributed by atoms with Gasteiger partial charge in [-0.3, -0.25) is 0 Å². The van der Waals surface area contributed by atoms with Crippen molar-refractivity contribution in [3.8, 4) is 0 Å². The molecule has 1 saturated heterocycles. The molecule has 17 heavy (non-hydrogen) atoms. The first-order valence-corrected chi connectivity index (χ1v) is 6.19. The second-order valence-corrected chi connectivity index (χ2v) is 4.85. The molecule has 0 atom stereocenters. The molecule has 1 aromatic heterocycles. The van der Waals surface area contributed by atoms with Crippen molar-refractivity contribution in [2.24, 2.45) is 5.73 Å². The van der Waals surface area contributed by atoms with E-state index in [1.165, 1.54) is 5.69 Å². The number of anilines is 1. The third kappa shape index (κ3) is 2.00. The molecule has 3 rings (SSSR count). The minimum absolute atomic E-state index is 0.379. The van der Waals surface area contributed by atoms with Crippen molar-refractivity contribution in [3.63, 3.8) is 0 Å². The normalized spacial score (nSPS) is 17.9. The molecule has 90 valence electrons. The third-order valence-corrected chi connectivity index (χ3v) is 3.49. The van der Waals surface area contributed by atoms with Gasteiger partial charge in [0.15, 0.2) is 0 Å². The summed E-state index contributed by atoms with van der Waals surface area (Å²) in [6.45, 7) is 4.10. The van der Waals surface area contributed by atoms with Gasteiger partial charge in [0.1, 0.15) is 5.82 Å². The largest absolute Gasteiger partial charge is 0.371 e. The Bertz CT molecular complexity index is 523. The number of hydrogen-bond donors (Lipinski definition) is 2. The van der Waals surface area contributed by atoms with Gasteiger partial charge in [0.05, 0.1) is 11.0 Å². The van der Waals surface area contributed by atoms with Crippen molar-refractivity contribution >= 4 is 16.7 Å². The Kier molecular flexibility index (Phi) is 2.52. The van der Waals surface area contributed by atoms with Crippen molar-refractivity contribution in [2.75, 3.05) is 18.0 Å². The van der Waals surface area contributed by atoms with E-state index >= 15 is 0 Å². The first-order valence-electron chi connectivity index (χ1n) is 6.19. The van der Waals surface area contributed by atoms with Crippen LogP contribution in [0.25, 0.3) is 11.0 Å². The van der Waals surface area contributed by atoms with Crippen molar-refractivity contribution in [2.45, 2.75) is 25.8 Å². The summed E-state index contributed by atoms with van der Waals surface area (Å²) >= 11 is 0. The molecule has 0 saturated carbocycles. The van der Waals surface area contributed by atoms with Crippen LogP contribution in [0.5, 0.6) is 0 Å². The van der Waals surface area contributed by atoms with Crippen molar-refractivity contribution in [1.82, 2.24) is 9.97 Å². The highest BCUT2D eigenvalue weighted by molar-refractivity contribution is 5.79. The number of imidazole rings is 1. The highest BCUT2D eigenvalue weighted by Gasteiger charge is 2.16. The van der Waals surface area contributed by atoms with Crippen LogP contribution in [0.15, 0.2) is 18.2 Å². The highest BCUT2D eigenvalue weighted by Crippen LogP contribution is 2.23. The number of piperidine rings is 1. The number of nitrogens with zero attached hydrogens (tertiary/aromatic N) is 2. The molecule has 0 amide bonds. The maximum atomic E-state index is 5.93. The van der Waals surface area contributed by atoms with E-state index in [4.69, 9.17) is 5.73 Å². The van der Waals surface area contributed by atoms with Gasteiger partial charge >= 0.3 is 0 Å². The standard InChI is InChI=1S/C13H18N4/c1-9-15-12-3-2-11(8-13(12)16-9)17-6-4-10(14)5-7-17/h2-3,8,10H,4-7,14H2,1H3,(H,15,16). The number of aryl methyl sites for hydroxylation is 1. The summed E-state index contributed by atoms with van der Waals surface area (Å²) in [5.41, 5.74) is 9.36. The summed E-state index contributed by atoms with van der Waals surface area (Å²) in [5.74, 6) is 0.970. The first kappa shape index (κ1) is 10.6. The van der Waals surface area contributed by atoms with E-state index < -0.39 is 0 Å². The smallest absolute Gasteiger partial charge is 0.104 e. The van der Waals surface area contributed by atoms with Gasteiger partial charge in [-0.15, -0.1) is 0 Å². The van der Waals surface area contributed by atoms with E-state index in [0.717, 1.165) is 42.8 Å². The van der Waals surface area contributed by atoms with E-state index in [1.807, 2.05) is 6.92 Å². The Morgan fingerprint density at radius 2 is 2.12 bits per heavy atom. The lowest BCUT2D eigenvalue weighted by atomic mass is 10.1. The van der Waals surface area contributed by atoms with E-state index in [2.05, 4.69) is 33.1 Å². The first-order chi connectivity index (χ1) is 8.22. The summed E-state index contributed by atoms with van der Waals surface area (Å²) < 4.78 is 0. The fraction of sp³-hybridized carbons (Fsp3) is 0.462. The van der Waals surface area contributed by atoms with Crippen LogP contribution in [-0.4, -0.2) is 29.1 Å². The predicted molar refractivity (Wildman–Crippen MR) is 70.3 cm³/mol. The molecule has 1 fully saturated rings. The number of aromatic amines is 1. The minimum atomic E-state index is 0.379. The second-order valence-electron chi connectivity index (χ2n) is 4.85. The molecular weight excluding hydrogens is 212 g/mol. The van der Waals surface area contributed by atoms with Gasteiger partial charge in [-0.25, -0.2) is 4.98 Å². The van der Waals surface area contributed by atoms with E-state index in [0.29, 0.717) is 6.04 Å². The van der Waals surface area contributed by atoms with Gasteiger partial charge in [0, 0.05) is 24.8 Å². The molecule has 0 bridgehead atoms. The summed E-state index contributed by atoms with van der Waals surface area (Å²) in [6.07, 6.45) is 2.17. The van der Waals surface area contributed by atoms with Crippen molar-refractivity contribution in [1.29, 1.82) is 0 Å². The van der Waals surface area contributed by atoms with Gasteiger partial charge < -0.3 is 15.6 Å². The molecule has 1 aliphatic heterocycles. The van der Waals surface area contributed by atoms with Crippen LogP contribution in [0, 0.1) is 6.92 Å². The Morgan fingerprint density at radius 1 is 1.35 bits per heavy atom. The average molecular weight is 230 g/mol. The zero-order valence-corrected chi connectivity index (χ0v) is 10.1. The number of hydrogen-bond acceptors (Lipinski definition) is 3. The van der Waals surface area contributed by atoms with Gasteiger partial charge in [-0.2, -0.15) is 0 Å². The van der Waals surface area contributed by atoms with Crippen LogP contribution >= 0.6 is 0 Å². The number of rotatable bonds is 1. The Morgan fingerprint density at radius 3 is 2.88 bits per heavy atom. The zero-order valence-electron chi connectivity index (χ0n) is 10.1. The molecular formula is C13H18N4. The van der Waals surface area contributed by atoms with Crippen molar-refractivity contribution < 1.29 is 0 Å². The molecule has 2 aromatic rings. The van der Waals surface area contributed by atoms with Crippen LogP contribution in [0.2, 0.25) is 0 Å². The Balaban J connectivity index is 1.89. The van der Waals surface area contributed by atoms with Gasteiger partial charge in [-0.05, 0) is 38.0 Å². The maximum absolute atomic E-state index is 5.93. The average Bonchev–Trinajstić information content (AvgIpc) is 2.69. The van der Waals surface area contributed by atoms with E-state index in [-0.39, 0.29) is 0 Å². The van der Waals surface area contributed by atoms with Crippen LogP contribution in [0.3, 0.4) is 0 Å². The number of nitrogens with one attached hydrogen (secondary N) is 1. The number of H-pyrrole nitrogens is 1. The lowest BCUT2D eigenvalue weighted by Gasteiger charge is -2.31. The SMILES string of the molecule is Cc1nc2ccc(N3CCC(N)CC3)cc2[nH]1. The number of aromatic nitrogens is 2. The van der Waals surface area contributed by atoms with Gasteiger partial charge in [0.25, 0.3) is 0 Å². The zero-order chi connectivity index (χ0) is 11.8. The lowest BCUT2D eigenvalue weighted by Crippen LogP contribution is -2.39.